The molecule has 0 aromatic heterocycles. The van der Waals surface area contributed by atoms with Crippen molar-refractivity contribution in [1.82, 2.24) is 5.32 Å². The highest BCUT2D eigenvalue weighted by molar-refractivity contribution is 5.97. The number of hydrogen-bond donors (Lipinski definition) is 2. The number of benzene rings is 1. The molecule has 8 nitrogen and oxygen atoms in total. The Balaban J connectivity index is 2.85. The lowest BCUT2D eigenvalue weighted by atomic mass is 10.1. The van der Waals surface area contributed by atoms with Crippen LogP contribution in [0, 0.1) is 5.92 Å². The van der Waals surface area contributed by atoms with Crippen molar-refractivity contribution >= 4 is 24.0 Å². The third-order valence-corrected chi connectivity index (χ3v) is 3.33. The molecular weight excluding hydrogens is 352 g/mol. The van der Waals surface area contributed by atoms with Gasteiger partial charge in [-0.05, 0) is 43.5 Å². The molecule has 148 valence electrons. The zero-order valence-corrected chi connectivity index (χ0v) is 16.0. The van der Waals surface area contributed by atoms with E-state index in [4.69, 9.17) is 19.9 Å². The molecule has 0 aliphatic carbocycles. The third kappa shape index (κ3) is 7.39. The van der Waals surface area contributed by atoms with Crippen LogP contribution in [-0.4, -0.2) is 37.2 Å². The highest BCUT2D eigenvalue weighted by Crippen LogP contribution is 2.29. The molecule has 27 heavy (non-hydrogen) atoms. The molecule has 1 rings (SSSR count). The second kappa shape index (κ2) is 10.8. The number of ether oxygens (including phenoxy) is 3. The van der Waals surface area contributed by atoms with Gasteiger partial charge in [0.1, 0.15) is 0 Å². The quantitative estimate of drug-likeness (QED) is 0.503. The minimum absolute atomic E-state index is 0.336. The first-order valence-corrected chi connectivity index (χ1v) is 8.67. The Hall–Kier alpha value is -3.03. The Morgan fingerprint density at radius 1 is 1.11 bits per heavy atom. The molecule has 3 N–H and O–H groups in total. The summed E-state index contributed by atoms with van der Waals surface area (Å²) in [6.07, 6.45) is 1.59. The van der Waals surface area contributed by atoms with Crippen LogP contribution in [0.3, 0.4) is 0 Å². The highest BCUT2D eigenvalue weighted by atomic mass is 16.5. The molecule has 1 atom stereocenters. The molecular formula is C19H26N2O6. The van der Waals surface area contributed by atoms with Gasteiger partial charge < -0.3 is 19.9 Å². The van der Waals surface area contributed by atoms with Gasteiger partial charge in [0.05, 0.1) is 13.2 Å². The topological polar surface area (TPSA) is 117 Å². The molecule has 0 radical (unpaired) electrons. The van der Waals surface area contributed by atoms with Gasteiger partial charge in [-0.3, -0.25) is 10.1 Å². The highest BCUT2D eigenvalue weighted by Gasteiger charge is 2.26. The fourth-order valence-corrected chi connectivity index (χ4v) is 2.18. The number of carbonyl (C=O) groups is 3. The third-order valence-electron chi connectivity index (χ3n) is 3.33. The van der Waals surface area contributed by atoms with Crippen LogP contribution in [0.4, 0.5) is 4.79 Å². The molecule has 0 fully saturated rings. The first-order valence-electron chi connectivity index (χ1n) is 8.67. The van der Waals surface area contributed by atoms with E-state index in [0.29, 0.717) is 30.3 Å². The van der Waals surface area contributed by atoms with Crippen molar-refractivity contribution in [2.75, 3.05) is 13.2 Å². The second-order valence-electron chi connectivity index (χ2n) is 5.86. The van der Waals surface area contributed by atoms with E-state index < -0.39 is 24.0 Å². The number of rotatable bonds is 9. The number of urea groups is 1. The van der Waals surface area contributed by atoms with Gasteiger partial charge in [-0.2, -0.15) is 0 Å². The Morgan fingerprint density at radius 3 is 2.30 bits per heavy atom. The summed E-state index contributed by atoms with van der Waals surface area (Å²) in [6.45, 7) is 8.08. The Morgan fingerprint density at radius 2 is 1.74 bits per heavy atom. The van der Waals surface area contributed by atoms with E-state index in [1.165, 1.54) is 12.2 Å². The molecule has 0 bridgehead atoms. The van der Waals surface area contributed by atoms with Crippen LogP contribution >= 0.6 is 0 Å². The van der Waals surface area contributed by atoms with Gasteiger partial charge in [0.15, 0.2) is 17.6 Å². The van der Waals surface area contributed by atoms with Crippen LogP contribution < -0.4 is 20.5 Å². The summed E-state index contributed by atoms with van der Waals surface area (Å²) in [5.74, 6) is -0.645. The van der Waals surface area contributed by atoms with Crippen molar-refractivity contribution in [3.63, 3.8) is 0 Å². The van der Waals surface area contributed by atoms with E-state index in [9.17, 15) is 14.4 Å². The van der Waals surface area contributed by atoms with E-state index in [1.807, 2.05) is 19.2 Å². The van der Waals surface area contributed by atoms with Crippen molar-refractivity contribution in [2.24, 2.45) is 11.7 Å². The zero-order valence-electron chi connectivity index (χ0n) is 16.0. The SMILES string of the molecule is CCOc1ccc(/C=C/C(=O)O[C@H](C(=O)NC(N)=O)C(C)C)cc1OCC. The number of nitrogens with two attached hydrogens (primary N) is 1. The minimum Gasteiger partial charge on any atom is -0.490 e. The molecule has 0 heterocycles. The molecule has 0 saturated carbocycles. The Kier molecular flexibility index (Phi) is 8.84. The molecule has 0 saturated heterocycles. The zero-order chi connectivity index (χ0) is 20.4. The van der Waals surface area contributed by atoms with Gasteiger partial charge >= 0.3 is 12.0 Å². The first-order chi connectivity index (χ1) is 12.8. The number of primary amides is 1. The van der Waals surface area contributed by atoms with E-state index >= 15 is 0 Å². The van der Waals surface area contributed by atoms with Crippen molar-refractivity contribution < 1.29 is 28.6 Å². The predicted octanol–water partition coefficient (Wildman–Crippen LogP) is 2.26. The Bertz CT molecular complexity index is 699. The van der Waals surface area contributed by atoms with Crippen LogP contribution in [0.15, 0.2) is 24.3 Å². The number of carbonyl (C=O) groups excluding carboxylic acids is 3. The Labute approximate surface area is 158 Å². The normalized spacial score (nSPS) is 11.9. The molecule has 8 heteroatoms. The van der Waals surface area contributed by atoms with Gasteiger partial charge in [0, 0.05) is 6.08 Å². The standard InChI is InChI=1S/C19H26N2O6/c1-5-25-14-9-7-13(11-15(14)26-6-2)8-10-16(22)27-17(12(3)4)18(23)21-19(20)24/h7-12,17H,5-6H2,1-4H3,(H3,20,21,23,24)/b10-8+/t17-/m0/s1. The number of nitrogens with one attached hydrogen (secondary N) is 1. The summed E-state index contributed by atoms with van der Waals surface area (Å²) >= 11 is 0. The molecule has 0 aliphatic rings. The summed E-state index contributed by atoms with van der Waals surface area (Å²) in [4.78, 5) is 34.7. The molecule has 0 unspecified atom stereocenters. The smallest absolute Gasteiger partial charge is 0.331 e. The van der Waals surface area contributed by atoms with E-state index in [-0.39, 0.29) is 5.92 Å². The summed E-state index contributed by atoms with van der Waals surface area (Å²) < 4.78 is 16.1. The molecule has 0 aliphatic heterocycles. The number of amides is 3. The van der Waals surface area contributed by atoms with Crippen LogP contribution in [0.5, 0.6) is 11.5 Å². The summed E-state index contributed by atoms with van der Waals surface area (Å²) in [5, 5.41) is 1.91. The lowest BCUT2D eigenvalue weighted by Gasteiger charge is -2.18. The average Bonchev–Trinajstić information content (AvgIpc) is 2.59. The van der Waals surface area contributed by atoms with Gasteiger partial charge in [-0.15, -0.1) is 0 Å². The second-order valence-corrected chi connectivity index (χ2v) is 5.86. The molecule has 1 aromatic carbocycles. The van der Waals surface area contributed by atoms with Crippen molar-refractivity contribution in [3.05, 3.63) is 29.8 Å². The van der Waals surface area contributed by atoms with Crippen molar-refractivity contribution in [1.29, 1.82) is 0 Å². The summed E-state index contributed by atoms with van der Waals surface area (Å²) in [7, 11) is 0. The fraction of sp³-hybridized carbons (Fsp3) is 0.421. The first kappa shape index (κ1) is 22.0. The number of imide groups is 1. The summed E-state index contributed by atoms with van der Waals surface area (Å²) in [6, 6.07) is 4.24. The lowest BCUT2D eigenvalue weighted by Crippen LogP contribution is -2.45. The van der Waals surface area contributed by atoms with Crippen molar-refractivity contribution in [2.45, 2.75) is 33.8 Å². The largest absolute Gasteiger partial charge is 0.490 e. The van der Waals surface area contributed by atoms with Crippen LogP contribution in [0.2, 0.25) is 0 Å². The lowest BCUT2D eigenvalue weighted by molar-refractivity contribution is -0.153. The number of esters is 1. The minimum atomic E-state index is -1.13. The van der Waals surface area contributed by atoms with Gasteiger partial charge in [-0.25, -0.2) is 9.59 Å². The number of hydrogen-bond acceptors (Lipinski definition) is 6. The fourth-order valence-electron chi connectivity index (χ4n) is 2.18. The van der Waals surface area contributed by atoms with E-state index in [1.54, 1.807) is 32.0 Å². The van der Waals surface area contributed by atoms with Crippen molar-refractivity contribution in [3.8, 4) is 11.5 Å². The maximum absolute atomic E-state index is 12.0. The maximum atomic E-state index is 12.0. The van der Waals surface area contributed by atoms with Gasteiger partial charge in [0.2, 0.25) is 0 Å². The molecule has 3 amide bonds. The van der Waals surface area contributed by atoms with Crippen LogP contribution in [0.25, 0.3) is 6.08 Å². The summed E-state index contributed by atoms with van der Waals surface area (Å²) in [5.41, 5.74) is 5.62. The monoisotopic (exact) mass is 378 g/mol. The molecule has 1 aromatic rings. The molecule has 0 spiro atoms. The van der Waals surface area contributed by atoms with Gasteiger partial charge in [-0.1, -0.05) is 19.9 Å². The predicted molar refractivity (Wildman–Crippen MR) is 100 cm³/mol. The van der Waals surface area contributed by atoms with E-state index in [2.05, 4.69) is 0 Å². The van der Waals surface area contributed by atoms with Gasteiger partial charge in [0.25, 0.3) is 5.91 Å². The average molecular weight is 378 g/mol. The maximum Gasteiger partial charge on any atom is 0.331 e. The van der Waals surface area contributed by atoms with Crippen LogP contribution in [-0.2, 0) is 14.3 Å². The van der Waals surface area contributed by atoms with Crippen LogP contribution in [0.1, 0.15) is 33.3 Å². The van der Waals surface area contributed by atoms with E-state index in [0.717, 1.165) is 0 Å².